The lowest BCUT2D eigenvalue weighted by molar-refractivity contribution is 0.122. The van der Waals surface area contributed by atoms with Gasteiger partial charge in [-0.3, -0.25) is 0 Å². The number of aromatic nitrogens is 1. The van der Waals surface area contributed by atoms with Crippen molar-refractivity contribution in [3.05, 3.63) is 24.0 Å². The van der Waals surface area contributed by atoms with E-state index in [9.17, 15) is 0 Å². The van der Waals surface area contributed by atoms with E-state index in [1.807, 2.05) is 0 Å². The van der Waals surface area contributed by atoms with Crippen LogP contribution in [0.5, 0.6) is 0 Å². The minimum atomic E-state index is 0.885. The number of hydrogen-bond acceptors (Lipinski definition) is 2. The molecule has 0 aliphatic heterocycles. The minimum Gasteiger partial charge on any atom is -0.381 e. The summed E-state index contributed by atoms with van der Waals surface area (Å²) in [6.45, 7) is 3.87. The first-order valence-electron chi connectivity index (χ1n) is 6.25. The Bertz CT molecular complexity index is 305. The Kier molecular flexibility index (Phi) is 4.43. The third kappa shape index (κ3) is 3.99. The predicted octanol–water partition coefficient (Wildman–Crippen LogP) is 1.93. The van der Waals surface area contributed by atoms with Gasteiger partial charge in [-0.1, -0.05) is 0 Å². The molecular weight excluding hydrogens is 200 g/mol. The summed E-state index contributed by atoms with van der Waals surface area (Å²) in [5.74, 6) is 0.885. The van der Waals surface area contributed by atoms with E-state index in [1.165, 1.54) is 18.5 Å². The standard InChI is InChI=1S/C13H22N2O/c1-15-8-2-4-13(15)10-14-7-3-9-16-11-12-5-6-12/h2,4,8,12,14H,3,5-7,9-11H2,1H3. The first-order valence-corrected chi connectivity index (χ1v) is 6.25. The van der Waals surface area contributed by atoms with Crippen LogP contribution in [-0.4, -0.2) is 24.3 Å². The van der Waals surface area contributed by atoms with E-state index < -0.39 is 0 Å². The van der Waals surface area contributed by atoms with Crippen LogP contribution in [0.15, 0.2) is 18.3 Å². The van der Waals surface area contributed by atoms with Gasteiger partial charge in [-0.25, -0.2) is 0 Å². The summed E-state index contributed by atoms with van der Waals surface area (Å²) >= 11 is 0. The lowest BCUT2D eigenvalue weighted by Crippen LogP contribution is -2.18. The zero-order valence-corrected chi connectivity index (χ0v) is 10.1. The lowest BCUT2D eigenvalue weighted by Gasteiger charge is -2.06. The molecule has 0 atom stereocenters. The smallest absolute Gasteiger partial charge is 0.0494 e. The Balaban J connectivity index is 1.44. The molecule has 0 spiro atoms. The molecule has 1 heterocycles. The topological polar surface area (TPSA) is 26.2 Å². The molecule has 2 rings (SSSR count). The molecule has 1 fully saturated rings. The van der Waals surface area contributed by atoms with Gasteiger partial charge in [0, 0.05) is 38.7 Å². The average Bonchev–Trinajstić information content (AvgIpc) is 3.01. The van der Waals surface area contributed by atoms with Crippen molar-refractivity contribution in [1.82, 2.24) is 9.88 Å². The summed E-state index contributed by atoms with van der Waals surface area (Å²) in [6, 6.07) is 4.23. The molecule has 1 N–H and O–H groups in total. The quantitative estimate of drug-likeness (QED) is 0.680. The monoisotopic (exact) mass is 222 g/mol. The van der Waals surface area contributed by atoms with E-state index in [1.54, 1.807) is 0 Å². The number of ether oxygens (including phenoxy) is 1. The van der Waals surface area contributed by atoms with Gasteiger partial charge in [0.1, 0.15) is 0 Å². The molecule has 0 bridgehead atoms. The van der Waals surface area contributed by atoms with Crippen LogP contribution in [0.3, 0.4) is 0 Å². The summed E-state index contributed by atoms with van der Waals surface area (Å²) < 4.78 is 7.72. The zero-order valence-electron chi connectivity index (χ0n) is 10.1. The second-order valence-electron chi connectivity index (χ2n) is 4.66. The molecule has 1 aliphatic rings. The highest BCUT2D eigenvalue weighted by Crippen LogP contribution is 2.28. The molecule has 1 aliphatic carbocycles. The molecule has 0 radical (unpaired) electrons. The predicted molar refractivity (Wildman–Crippen MR) is 65.3 cm³/mol. The fourth-order valence-electron chi connectivity index (χ4n) is 1.73. The first kappa shape index (κ1) is 11.7. The van der Waals surface area contributed by atoms with E-state index in [2.05, 4.69) is 35.3 Å². The fraction of sp³-hybridized carbons (Fsp3) is 0.692. The molecule has 1 aromatic heterocycles. The molecule has 0 saturated heterocycles. The van der Waals surface area contributed by atoms with Crippen LogP contribution in [0.4, 0.5) is 0 Å². The number of nitrogens with one attached hydrogen (secondary N) is 1. The molecule has 0 amide bonds. The van der Waals surface area contributed by atoms with Crippen LogP contribution in [0.25, 0.3) is 0 Å². The molecule has 1 saturated carbocycles. The van der Waals surface area contributed by atoms with Crippen LogP contribution in [0.1, 0.15) is 25.0 Å². The third-order valence-electron chi connectivity index (χ3n) is 3.05. The molecule has 1 aromatic rings. The average molecular weight is 222 g/mol. The van der Waals surface area contributed by atoms with Crippen molar-refractivity contribution in [2.24, 2.45) is 13.0 Å². The highest BCUT2D eigenvalue weighted by Gasteiger charge is 2.20. The zero-order chi connectivity index (χ0) is 11.2. The summed E-state index contributed by atoms with van der Waals surface area (Å²) in [6.07, 6.45) is 5.95. The highest BCUT2D eigenvalue weighted by atomic mass is 16.5. The second kappa shape index (κ2) is 6.06. The summed E-state index contributed by atoms with van der Waals surface area (Å²) in [7, 11) is 2.08. The Morgan fingerprint density at radius 3 is 3.06 bits per heavy atom. The van der Waals surface area contributed by atoms with Crippen LogP contribution >= 0.6 is 0 Å². The molecule has 3 heteroatoms. The van der Waals surface area contributed by atoms with Crippen molar-refractivity contribution in [2.75, 3.05) is 19.8 Å². The molecule has 90 valence electrons. The Labute approximate surface area is 97.8 Å². The van der Waals surface area contributed by atoms with E-state index in [-0.39, 0.29) is 0 Å². The molecule has 0 aromatic carbocycles. The van der Waals surface area contributed by atoms with E-state index in [0.717, 1.165) is 38.6 Å². The minimum absolute atomic E-state index is 0.885. The maximum absolute atomic E-state index is 5.57. The Morgan fingerprint density at radius 1 is 1.50 bits per heavy atom. The lowest BCUT2D eigenvalue weighted by atomic mass is 10.4. The summed E-state index contributed by atoms with van der Waals surface area (Å²) in [4.78, 5) is 0. The van der Waals surface area contributed by atoms with Gasteiger partial charge >= 0.3 is 0 Å². The van der Waals surface area contributed by atoms with Gasteiger partial charge < -0.3 is 14.6 Å². The van der Waals surface area contributed by atoms with E-state index >= 15 is 0 Å². The van der Waals surface area contributed by atoms with Crippen LogP contribution in [0.2, 0.25) is 0 Å². The van der Waals surface area contributed by atoms with Gasteiger partial charge in [-0.05, 0) is 43.9 Å². The van der Waals surface area contributed by atoms with Crippen LogP contribution in [0, 0.1) is 5.92 Å². The van der Waals surface area contributed by atoms with Crippen molar-refractivity contribution in [1.29, 1.82) is 0 Å². The van der Waals surface area contributed by atoms with Crippen molar-refractivity contribution in [3.63, 3.8) is 0 Å². The molecular formula is C13H22N2O. The Hall–Kier alpha value is -0.800. The first-order chi connectivity index (χ1) is 7.86. The second-order valence-corrected chi connectivity index (χ2v) is 4.66. The molecule has 16 heavy (non-hydrogen) atoms. The van der Waals surface area contributed by atoms with Gasteiger partial charge in [-0.15, -0.1) is 0 Å². The maximum atomic E-state index is 5.57. The Morgan fingerprint density at radius 2 is 2.38 bits per heavy atom. The summed E-state index contributed by atoms with van der Waals surface area (Å²) in [5, 5.41) is 3.43. The summed E-state index contributed by atoms with van der Waals surface area (Å²) in [5.41, 5.74) is 1.33. The highest BCUT2D eigenvalue weighted by molar-refractivity contribution is 5.05. The van der Waals surface area contributed by atoms with Crippen molar-refractivity contribution in [3.8, 4) is 0 Å². The van der Waals surface area contributed by atoms with Gasteiger partial charge in [0.05, 0.1) is 0 Å². The number of nitrogens with zero attached hydrogens (tertiary/aromatic N) is 1. The van der Waals surface area contributed by atoms with Crippen LogP contribution < -0.4 is 5.32 Å². The van der Waals surface area contributed by atoms with Gasteiger partial charge in [0.2, 0.25) is 0 Å². The van der Waals surface area contributed by atoms with Crippen molar-refractivity contribution < 1.29 is 4.74 Å². The maximum Gasteiger partial charge on any atom is 0.0494 e. The third-order valence-corrected chi connectivity index (χ3v) is 3.05. The van der Waals surface area contributed by atoms with Crippen molar-refractivity contribution in [2.45, 2.75) is 25.8 Å². The van der Waals surface area contributed by atoms with Gasteiger partial charge in [0.25, 0.3) is 0 Å². The molecule has 0 unspecified atom stereocenters. The largest absolute Gasteiger partial charge is 0.381 e. The normalized spacial score (nSPS) is 15.6. The van der Waals surface area contributed by atoms with E-state index in [4.69, 9.17) is 4.74 Å². The SMILES string of the molecule is Cn1cccc1CNCCCOCC1CC1. The van der Waals surface area contributed by atoms with Gasteiger partial charge in [-0.2, -0.15) is 0 Å². The fourth-order valence-corrected chi connectivity index (χ4v) is 1.73. The number of hydrogen-bond donors (Lipinski definition) is 1. The van der Waals surface area contributed by atoms with Crippen molar-refractivity contribution >= 4 is 0 Å². The van der Waals surface area contributed by atoms with Crippen LogP contribution in [-0.2, 0) is 18.3 Å². The van der Waals surface area contributed by atoms with E-state index in [0.29, 0.717) is 0 Å². The number of aryl methyl sites for hydroxylation is 1. The molecule has 3 nitrogen and oxygen atoms in total. The number of rotatable bonds is 8. The van der Waals surface area contributed by atoms with Gasteiger partial charge in [0.15, 0.2) is 0 Å².